The van der Waals surface area contributed by atoms with E-state index in [2.05, 4.69) is 10.9 Å². The number of nitrogens with zero attached hydrogens (tertiary/aromatic N) is 1. The first-order valence-corrected chi connectivity index (χ1v) is 10.5. The van der Waals surface area contributed by atoms with Crippen molar-refractivity contribution in [2.45, 2.75) is 44.0 Å². The Bertz CT molecular complexity index is 983. The van der Waals surface area contributed by atoms with Gasteiger partial charge in [-0.2, -0.15) is 4.31 Å². The molecule has 0 spiro atoms. The second-order valence-corrected chi connectivity index (χ2v) is 8.68. The molecule has 2 N–H and O–H groups in total. The number of sulfonamides is 1. The number of carbonyl (C=O) groups is 2. The fourth-order valence-corrected chi connectivity index (χ4v) is 4.98. The molecule has 150 valence electrons. The molecule has 3 rings (SSSR count). The van der Waals surface area contributed by atoms with Gasteiger partial charge in [0.1, 0.15) is 5.76 Å². The molecule has 2 amide bonds. The summed E-state index contributed by atoms with van der Waals surface area (Å²) in [7, 11) is -3.69. The predicted molar refractivity (Wildman–Crippen MR) is 102 cm³/mol. The minimum Gasteiger partial charge on any atom is -0.469 e. The van der Waals surface area contributed by atoms with Crippen molar-refractivity contribution in [2.24, 2.45) is 0 Å². The lowest BCUT2D eigenvalue weighted by molar-refractivity contribution is 0.0845. The summed E-state index contributed by atoms with van der Waals surface area (Å²) < 4.78 is 32.4. The van der Waals surface area contributed by atoms with Crippen LogP contribution in [0.1, 0.15) is 52.7 Å². The first kappa shape index (κ1) is 20.1. The fourth-order valence-electron chi connectivity index (χ4n) is 3.24. The van der Waals surface area contributed by atoms with Gasteiger partial charge >= 0.3 is 0 Å². The first-order valence-electron chi connectivity index (χ1n) is 9.07. The van der Waals surface area contributed by atoms with Crippen molar-refractivity contribution in [2.75, 3.05) is 6.54 Å². The van der Waals surface area contributed by atoms with E-state index >= 15 is 0 Å². The van der Waals surface area contributed by atoms with Gasteiger partial charge in [-0.1, -0.05) is 12.5 Å². The number of benzene rings is 1. The van der Waals surface area contributed by atoms with Gasteiger partial charge in [0.05, 0.1) is 16.7 Å². The molecule has 28 heavy (non-hydrogen) atoms. The molecule has 1 fully saturated rings. The van der Waals surface area contributed by atoms with Crippen molar-refractivity contribution in [3.8, 4) is 0 Å². The summed E-state index contributed by atoms with van der Waals surface area (Å²) in [6, 6.07) is 7.21. The minimum absolute atomic E-state index is 0.0610. The lowest BCUT2D eigenvalue weighted by Gasteiger charge is -2.32. The van der Waals surface area contributed by atoms with Gasteiger partial charge in [0.2, 0.25) is 10.0 Å². The average Bonchev–Trinajstić information content (AvgIpc) is 3.12. The zero-order valence-corrected chi connectivity index (χ0v) is 16.6. The maximum atomic E-state index is 12.9. The van der Waals surface area contributed by atoms with E-state index in [1.807, 2.05) is 6.92 Å². The summed E-state index contributed by atoms with van der Waals surface area (Å²) in [5, 5.41) is 0. The van der Waals surface area contributed by atoms with Crippen LogP contribution in [0.15, 0.2) is 45.9 Å². The number of rotatable bonds is 4. The highest BCUT2D eigenvalue weighted by Gasteiger charge is 2.31. The van der Waals surface area contributed by atoms with Crippen LogP contribution in [0.5, 0.6) is 0 Å². The average molecular weight is 405 g/mol. The molecule has 2 aromatic rings. The number of carbonyl (C=O) groups excluding carboxylic acids is 2. The smallest absolute Gasteiger partial charge is 0.273 e. The number of piperidine rings is 1. The molecule has 9 heteroatoms. The maximum absolute atomic E-state index is 12.9. The van der Waals surface area contributed by atoms with E-state index < -0.39 is 21.8 Å². The molecular weight excluding hydrogens is 382 g/mol. The molecule has 1 aliphatic heterocycles. The molecule has 2 heterocycles. The SMILES string of the molecule is Cc1occc1C(=O)NNC(=O)c1cccc(S(=O)(=O)N2CCCC[C@@H]2C)c1. The Morgan fingerprint density at radius 1 is 1.14 bits per heavy atom. The van der Waals surface area contributed by atoms with Gasteiger partial charge in [0, 0.05) is 18.2 Å². The highest BCUT2D eigenvalue weighted by atomic mass is 32.2. The largest absolute Gasteiger partial charge is 0.469 e. The van der Waals surface area contributed by atoms with Crippen LogP contribution in [0.4, 0.5) is 0 Å². The van der Waals surface area contributed by atoms with Crippen LogP contribution in [-0.2, 0) is 10.0 Å². The van der Waals surface area contributed by atoms with E-state index in [-0.39, 0.29) is 16.5 Å². The van der Waals surface area contributed by atoms with Gasteiger partial charge in [-0.05, 0) is 51.0 Å². The van der Waals surface area contributed by atoms with E-state index in [0.717, 1.165) is 19.3 Å². The quantitative estimate of drug-likeness (QED) is 0.758. The van der Waals surface area contributed by atoms with Crippen molar-refractivity contribution in [3.63, 3.8) is 0 Å². The monoisotopic (exact) mass is 405 g/mol. The Balaban J connectivity index is 1.72. The van der Waals surface area contributed by atoms with E-state index in [1.54, 1.807) is 6.92 Å². The van der Waals surface area contributed by atoms with Crippen LogP contribution in [0.25, 0.3) is 0 Å². The van der Waals surface area contributed by atoms with Crippen molar-refractivity contribution in [1.29, 1.82) is 0 Å². The topological polar surface area (TPSA) is 109 Å². The molecule has 0 aliphatic carbocycles. The summed E-state index contributed by atoms with van der Waals surface area (Å²) in [4.78, 5) is 24.5. The van der Waals surface area contributed by atoms with Crippen molar-refractivity contribution < 1.29 is 22.4 Å². The van der Waals surface area contributed by atoms with E-state index in [1.165, 1.54) is 40.9 Å². The van der Waals surface area contributed by atoms with Gasteiger partial charge in [0.25, 0.3) is 11.8 Å². The number of amides is 2. The second kappa shape index (κ2) is 8.15. The molecule has 8 nitrogen and oxygen atoms in total. The lowest BCUT2D eigenvalue weighted by atomic mass is 10.1. The fraction of sp³-hybridized carbons (Fsp3) is 0.368. The Kier molecular flexibility index (Phi) is 5.85. The summed E-state index contributed by atoms with van der Waals surface area (Å²) in [5.41, 5.74) is 5.02. The Labute approximate surface area is 163 Å². The minimum atomic E-state index is -3.69. The maximum Gasteiger partial charge on any atom is 0.273 e. The van der Waals surface area contributed by atoms with Crippen LogP contribution in [-0.4, -0.2) is 37.1 Å². The number of hydrogen-bond acceptors (Lipinski definition) is 5. The van der Waals surface area contributed by atoms with Crippen LogP contribution in [0.2, 0.25) is 0 Å². The van der Waals surface area contributed by atoms with Crippen LogP contribution in [0, 0.1) is 6.92 Å². The van der Waals surface area contributed by atoms with Gasteiger partial charge in [-0.25, -0.2) is 8.42 Å². The third kappa shape index (κ3) is 4.10. The highest BCUT2D eigenvalue weighted by molar-refractivity contribution is 7.89. The summed E-state index contributed by atoms with van der Waals surface area (Å²) in [5.74, 6) is -0.709. The summed E-state index contributed by atoms with van der Waals surface area (Å²) in [6.45, 7) is 3.99. The lowest BCUT2D eigenvalue weighted by Crippen LogP contribution is -2.42. The van der Waals surface area contributed by atoms with Gasteiger partial charge in [-0.3, -0.25) is 20.4 Å². The second-order valence-electron chi connectivity index (χ2n) is 6.79. The van der Waals surface area contributed by atoms with E-state index in [9.17, 15) is 18.0 Å². The molecule has 0 radical (unpaired) electrons. The normalized spacial score (nSPS) is 17.9. The Morgan fingerprint density at radius 3 is 2.57 bits per heavy atom. The number of aryl methyl sites for hydroxylation is 1. The summed E-state index contributed by atoms with van der Waals surface area (Å²) in [6.07, 6.45) is 4.02. The van der Waals surface area contributed by atoms with Crippen molar-refractivity contribution >= 4 is 21.8 Å². The zero-order chi connectivity index (χ0) is 20.3. The molecule has 1 aromatic heterocycles. The molecule has 1 aromatic carbocycles. The van der Waals surface area contributed by atoms with Crippen LogP contribution < -0.4 is 10.9 Å². The third-order valence-electron chi connectivity index (χ3n) is 4.84. The standard InChI is InChI=1S/C19H23N3O5S/c1-13-6-3-4-10-22(13)28(25,26)16-8-5-7-15(12-16)18(23)20-21-19(24)17-9-11-27-14(17)2/h5,7-9,11-13H,3-4,6,10H2,1-2H3,(H,20,23)(H,21,24)/t13-/m0/s1. The summed E-state index contributed by atoms with van der Waals surface area (Å²) >= 11 is 0. The highest BCUT2D eigenvalue weighted by Crippen LogP contribution is 2.25. The Hall–Kier alpha value is -2.65. The Morgan fingerprint density at radius 2 is 1.89 bits per heavy atom. The van der Waals surface area contributed by atoms with Crippen molar-refractivity contribution in [3.05, 3.63) is 53.5 Å². The van der Waals surface area contributed by atoms with Crippen LogP contribution >= 0.6 is 0 Å². The van der Waals surface area contributed by atoms with Crippen LogP contribution in [0.3, 0.4) is 0 Å². The number of hydrogen-bond donors (Lipinski definition) is 2. The predicted octanol–water partition coefficient (Wildman–Crippen LogP) is 2.23. The molecular formula is C19H23N3O5S. The van der Waals surface area contributed by atoms with E-state index in [4.69, 9.17) is 4.42 Å². The van der Waals surface area contributed by atoms with Gasteiger partial charge in [0.15, 0.2) is 0 Å². The number of nitrogens with one attached hydrogen (secondary N) is 2. The molecule has 1 aliphatic rings. The first-order chi connectivity index (χ1) is 13.3. The number of hydrazine groups is 1. The van der Waals surface area contributed by atoms with E-state index in [0.29, 0.717) is 17.9 Å². The molecule has 1 atom stereocenters. The molecule has 1 saturated heterocycles. The molecule has 0 bridgehead atoms. The zero-order valence-electron chi connectivity index (χ0n) is 15.8. The van der Waals surface area contributed by atoms with Crippen molar-refractivity contribution in [1.82, 2.24) is 15.2 Å². The molecule has 0 saturated carbocycles. The van der Waals surface area contributed by atoms with Gasteiger partial charge < -0.3 is 4.42 Å². The number of furan rings is 1. The molecule has 0 unspecified atom stereocenters. The third-order valence-corrected chi connectivity index (χ3v) is 6.85. The van der Waals surface area contributed by atoms with Gasteiger partial charge in [-0.15, -0.1) is 0 Å².